The molecule has 1 aliphatic heterocycles. The van der Waals surface area contributed by atoms with Crippen molar-refractivity contribution in [1.82, 2.24) is 9.55 Å². The fourth-order valence-electron chi connectivity index (χ4n) is 1.88. The van der Waals surface area contributed by atoms with Gasteiger partial charge in [0.05, 0.1) is 6.61 Å². The lowest BCUT2D eigenvalue weighted by molar-refractivity contribution is -0.0613. The summed E-state index contributed by atoms with van der Waals surface area (Å²) in [6.45, 7) is 0.117. The second-order valence-corrected chi connectivity index (χ2v) is 4.04. The maximum Gasteiger partial charge on any atom is 0.351 e. The zero-order valence-corrected chi connectivity index (χ0v) is 9.76. The number of nitrogens with zero attached hydrogens (tertiary/aromatic N) is 2. The van der Waals surface area contributed by atoms with Gasteiger partial charge in [0.2, 0.25) is 0 Å². The van der Waals surface area contributed by atoms with Gasteiger partial charge in [-0.25, -0.2) is 4.79 Å². The van der Waals surface area contributed by atoms with E-state index in [1.165, 1.54) is 19.4 Å². The van der Waals surface area contributed by atoms with Gasteiger partial charge in [-0.05, 0) is 6.07 Å². The van der Waals surface area contributed by atoms with E-state index in [0.717, 1.165) is 4.57 Å². The number of rotatable bonds is 3. The fraction of sp³-hybridized carbons (Fsp3) is 0.600. The van der Waals surface area contributed by atoms with E-state index in [1.54, 1.807) is 0 Å². The van der Waals surface area contributed by atoms with Crippen LogP contribution in [0.4, 0.5) is 5.82 Å². The Morgan fingerprint density at radius 3 is 2.89 bits per heavy atom. The summed E-state index contributed by atoms with van der Waals surface area (Å²) in [6.07, 6.45) is -2.69. The zero-order chi connectivity index (χ0) is 13.3. The summed E-state index contributed by atoms with van der Waals surface area (Å²) in [5.74, 6) is 0.0812. The molecule has 0 aromatic carbocycles. The molecule has 0 radical (unpaired) electrons. The molecule has 2 rings (SSSR count). The first kappa shape index (κ1) is 13.0. The quantitative estimate of drug-likeness (QED) is 0.578. The van der Waals surface area contributed by atoms with Gasteiger partial charge in [-0.3, -0.25) is 4.57 Å². The predicted octanol–water partition coefficient (Wildman–Crippen LogP) is -1.91. The minimum atomic E-state index is -1.23. The number of ether oxygens (including phenoxy) is 2. The highest BCUT2D eigenvalue weighted by Crippen LogP contribution is 2.28. The van der Waals surface area contributed by atoms with Crippen molar-refractivity contribution in [3.05, 3.63) is 22.7 Å². The van der Waals surface area contributed by atoms with Gasteiger partial charge in [0, 0.05) is 13.3 Å². The first-order chi connectivity index (χ1) is 8.54. The maximum absolute atomic E-state index is 11.6. The SMILES string of the molecule is COCC1OC(n2ccc(N)nc2=O)C(O)C1O. The number of aromatic nitrogens is 2. The molecule has 0 amide bonds. The highest BCUT2D eigenvalue weighted by Gasteiger charge is 2.44. The number of nitrogen functional groups attached to an aromatic ring is 1. The van der Waals surface area contributed by atoms with Crippen LogP contribution in [0.15, 0.2) is 17.1 Å². The Hall–Kier alpha value is -1.48. The summed E-state index contributed by atoms with van der Waals surface area (Å²) >= 11 is 0. The Morgan fingerprint density at radius 1 is 1.56 bits per heavy atom. The van der Waals surface area contributed by atoms with Gasteiger partial charge in [-0.2, -0.15) is 4.98 Å². The van der Waals surface area contributed by atoms with E-state index in [-0.39, 0.29) is 12.4 Å². The predicted molar refractivity (Wildman–Crippen MR) is 60.7 cm³/mol. The van der Waals surface area contributed by atoms with Gasteiger partial charge in [0.15, 0.2) is 6.23 Å². The molecule has 4 atom stereocenters. The van der Waals surface area contributed by atoms with Crippen molar-refractivity contribution in [2.75, 3.05) is 19.5 Å². The monoisotopic (exact) mass is 257 g/mol. The molecule has 100 valence electrons. The third-order valence-corrected chi connectivity index (χ3v) is 2.79. The second kappa shape index (κ2) is 5.02. The Labute approximate surface area is 103 Å². The van der Waals surface area contributed by atoms with Gasteiger partial charge >= 0.3 is 5.69 Å². The van der Waals surface area contributed by atoms with Crippen molar-refractivity contribution in [1.29, 1.82) is 0 Å². The smallest absolute Gasteiger partial charge is 0.351 e. The molecule has 18 heavy (non-hydrogen) atoms. The molecule has 1 aliphatic rings. The number of anilines is 1. The summed E-state index contributed by atoms with van der Waals surface area (Å²) in [7, 11) is 1.45. The Balaban J connectivity index is 2.26. The standard InChI is InChI=1S/C10H15N3O5/c1-17-4-5-7(14)8(15)9(18-5)13-3-2-6(11)12-10(13)16/h2-3,5,7-9,14-15H,4H2,1H3,(H2,11,12,16). The molecule has 1 aromatic rings. The Morgan fingerprint density at radius 2 is 2.28 bits per heavy atom. The first-order valence-corrected chi connectivity index (χ1v) is 5.39. The largest absolute Gasteiger partial charge is 0.387 e. The van der Waals surface area contributed by atoms with E-state index < -0.39 is 30.2 Å². The third kappa shape index (κ3) is 2.23. The van der Waals surface area contributed by atoms with Gasteiger partial charge in [-0.15, -0.1) is 0 Å². The molecule has 0 bridgehead atoms. The van der Waals surface area contributed by atoms with Crippen LogP contribution >= 0.6 is 0 Å². The summed E-state index contributed by atoms with van der Waals surface area (Å²) in [5.41, 5.74) is 4.72. The highest BCUT2D eigenvalue weighted by atomic mass is 16.6. The van der Waals surface area contributed by atoms with E-state index in [2.05, 4.69) is 4.98 Å². The normalized spacial score (nSPS) is 31.7. The highest BCUT2D eigenvalue weighted by molar-refractivity contribution is 5.23. The van der Waals surface area contributed by atoms with Crippen LogP contribution in [0, 0.1) is 0 Å². The molecular formula is C10H15N3O5. The lowest BCUT2D eigenvalue weighted by atomic mass is 10.1. The molecule has 0 spiro atoms. The number of hydrogen-bond acceptors (Lipinski definition) is 7. The van der Waals surface area contributed by atoms with Crippen molar-refractivity contribution in [2.24, 2.45) is 0 Å². The van der Waals surface area contributed by atoms with Crippen LogP contribution in [0.1, 0.15) is 6.23 Å². The van der Waals surface area contributed by atoms with Gasteiger partial charge < -0.3 is 25.4 Å². The molecule has 4 unspecified atom stereocenters. The van der Waals surface area contributed by atoms with Crippen LogP contribution in [-0.4, -0.2) is 51.8 Å². The molecule has 8 heteroatoms. The lowest BCUT2D eigenvalue weighted by Crippen LogP contribution is -2.36. The summed E-state index contributed by atoms with van der Waals surface area (Å²) in [4.78, 5) is 15.1. The van der Waals surface area contributed by atoms with Gasteiger partial charge in [0.25, 0.3) is 0 Å². The summed E-state index contributed by atoms with van der Waals surface area (Å²) < 4.78 is 11.3. The van der Waals surface area contributed by atoms with Crippen LogP contribution in [0.3, 0.4) is 0 Å². The molecule has 4 N–H and O–H groups in total. The number of methoxy groups -OCH3 is 1. The van der Waals surface area contributed by atoms with E-state index >= 15 is 0 Å². The molecule has 1 saturated heterocycles. The Kier molecular flexibility index (Phi) is 3.62. The lowest BCUT2D eigenvalue weighted by Gasteiger charge is -2.16. The van der Waals surface area contributed by atoms with Gasteiger partial charge in [0.1, 0.15) is 24.1 Å². The van der Waals surface area contributed by atoms with Crippen molar-refractivity contribution in [3.8, 4) is 0 Å². The van der Waals surface area contributed by atoms with Crippen LogP contribution in [0.5, 0.6) is 0 Å². The molecule has 8 nitrogen and oxygen atoms in total. The maximum atomic E-state index is 11.6. The van der Waals surface area contributed by atoms with Crippen molar-refractivity contribution in [3.63, 3.8) is 0 Å². The summed E-state index contributed by atoms with van der Waals surface area (Å²) in [5, 5.41) is 19.6. The number of hydrogen-bond donors (Lipinski definition) is 3. The van der Waals surface area contributed by atoms with Gasteiger partial charge in [-0.1, -0.05) is 0 Å². The Bertz CT molecular complexity index is 477. The van der Waals surface area contributed by atoms with E-state index in [1.807, 2.05) is 0 Å². The molecule has 0 saturated carbocycles. The fourth-order valence-corrected chi connectivity index (χ4v) is 1.88. The van der Waals surface area contributed by atoms with E-state index in [9.17, 15) is 15.0 Å². The van der Waals surface area contributed by atoms with Crippen molar-refractivity contribution in [2.45, 2.75) is 24.5 Å². The number of aliphatic hydroxyl groups is 2. The van der Waals surface area contributed by atoms with Crippen LogP contribution in [-0.2, 0) is 9.47 Å². The first-order valence-electron chi connectivity index (χ1n) is 5.39. The average Bonchev–Trinajstić information content (AvgIpc) is 2.58. The zero-order valence-electron chi connectivity index (χ0n) is 9.76. The van der Waals surface area contributed by atoms with Crippen LogP contribution in [0.25, 0.3) is 0 Å². The number of nitrogens with two attached hydrogens (primary N) is 1. The molecule has 0 aliphatic carbocycles. The average molecular weight is 257 g/mol. The second-order valence-electron chi connectivity index (χ2n) is 4.04. The summed E-state index contributed by atoms with van der Waals surface area (Å²) in [6, 6.07) is 1.41. The molecule has 1 aromatic heterocycles. The van der Waals surface area contributed by atoms with Crippen LogP contribution < -0.4 is 11.4 Å². The van der Waals surface area contributed by atoms with Crippen LogP contribution in [0.2, 0.25) is 0 Å². The molecular weight excluding hydrogens is 242 g/mol. The van der Waals surface area contributed by atoms with Crippen molar-refractivity contribution < 1.29 is 19.7 Å². The van der Waals surface area contributed by atoms with E-state index in [0.29, 0.717) is 0 Å². The topological polar surface area (TPSA) is 120 Å². The molecule has 1 fully saturated rings. The molecule has 2 heterocycles. The minimum Gasteiger partial charge on any atom is -0.387 e. The van der Waals surface area contributed by atoms with E-state index in [4.69, 9.17) is 15.2 Å². The number of aliphatic hydroxyl groups excluding tert-OH is 2. The third-order valence-electron chi connectivity index (χ3n) is 2.79. The minimum absolute atomic E-state index is 0.0812. The van der Waals surface area contributed by atoms with Crippen molar-refractivity contribution >= 4 is 5.82 Å².